The number of anilines is 2. The minimum Gasteiger partial charge on any atom is -0.488 e. The summed E-state index contributed by atoms with van der Waals surface area (Å²) in [5.74, 6) is 0.101. The molecule has 0 spiro atoms. The first-order chi connectivity index (χ1) is 15.8. The van der Waals surface area contributed by atoms with Crippen molar-refractivity contribution in [2.75, 3.05) is 37.4 Å². The van der Waals surface area contributed by atoms with Crippen LogP contribution in [-0.4, -0.2) is 60.8 Å². The third kappa shape index (κ3) is 6.43. The van der Waals surface area contributed by atoms with Crippen molar-refractivity contribution in [3.63, 3.8) is 0 Å². The minimum atomic E-state index is -0.492. The molecule has 0 aromatic heterocycles. The maximum atomic E-state index is 13.1. The van der Waals surface area contributed by atoms with Gasteiger partial charge in [-0.05, 0) is 56.4 Å². The Morgan fingerprint density at radius 3 is 2.55 bits per heavy atom. The molecule has 4 N–H and O–H groups in total. The third-order valence-corrected chi connectivity index (χ3v) is 5.68. The molecule has 8 nitrogen and oxygen atoms in total. The van der Waals surface area contributed by atoms with E-state index in [0.717, 1.165) is 0 Å². The summed E-state index contributed by atoms with van der Waals surface area (Å²) in [6.45, 7) is 4.76. The lowest BCUT2D eigenvalue weighted by Crippen LogP contribution is -2.47. The molecule has 178 valence electrons. The second kappa shape index (κ2) is 11.1. The number of hydrogen-bond donors (Lipinski definition) is 4. The summed E-state index contributed by atoms with van der Waals surface area (Å²) in [6.07, 6.45) is -0.109. The molecule has 3 amide bonds. The van der Waals surface area contributed by atoms with Gasteiger partial charge in [0, 0.05) is 35.9 Å². The van der Waals surface area contributed by atoms with Gasteiger partial charge in [0.2, 0.25) is 5.91 Å². The standard InChI is InChI=1S/C24H31FN4O4/c1-15-13-29(16(2)14-30)23(31)11-17-10-20(8-9-21(17)33-22(15)12-26-3)28-24(32)27-19-6-4-18(25)5-7-19/h4-10,15-16,22,26,30H,11-14H2,1-3H3,(H2,27,28,32)/t15-,16-,22-/m0/s1. The van der Waals surface area contributed by atoms with Crippen molar-refractivity contribution in [2.45, 2.75) is 32.4 Å². The van der Waals surface area contributed by atoms with Crippen molar-refractivity contribution in [2.24, 2.45) is 5.92 Å². The van der Waals surface area contributed by atoms with Gasteiger partial charge in [0.1, 0.15) is 17.7 Å². The average molecular weight is 459 g/mol. The molecule has 0 fully saturated rings. The Balaban J connectivity index is 1.83. The number of carbonyl (C=O) groups excluding carboxylic acids is 2. The number of rotatable bonds is 6. The van der Waals surface area contributed by atoms with Crippen LogP contribution in [0.3, 0.4) is 0 Å². The number of nitrogens with zero attached hydrogens (tertiary/aromatic N) is 1. The molecular formula is C24H31FN4O4. The molecule has 0 saturated heterocycles. The highest BCUT2D eigenvalue weighted by Crippen LogP contribution is 2.29. The normalized spacial score (nSPS) is 19.4. The third-order valence-electron chi connectivity index (χ3n) is 5.68. The van der Waals surface area contributed by atoms with E-state index in [1.165, 1.54) is 24.3 Å². The van der Waals surface area contributed by atoms with Crippen LogP contribution in [-0.2, 0) is 11.2 Å². The Morgan fingerprint density at radius 1 is 1.21 bits per heavy atom. The number of aliphatic hydroxyl groups is 1. The van der Waals surface area contributed by atoms with E-state index in [2.05, 4.69) is 16.0 Å². The molecule has 0 aliphatic carbocycles. The SMILES string of the molecule is CNC[C@@H]1Oc2ccc(NC(=O)Nc3ccc(F)cc3)cc2CC(=O)N([C@@H](C)CO)C[C@@H]1C. The summed E-state index contributed by atoms with van der Waals surface area (Å²) in [5, 5.41) is 18.2. The van der Waals surface area contributed by atoms with Crippen molar-refractivity contribution >= 4 is 23.3 Å². The molecule has 0 radical (unpaired) electrons. The van der Waals surface area contributed by atoms with E-state index in [0.29, 0.717) is 35.8 Å². The number of amides is 3. The molecule has 2 aromatic rings. The van der Waals surface area contributed by atoms with E-state index in [4.69, 9.17) is 4.74 Å². The van der Waals surface area contributed by atoms with Crippen LogP contribution in [0.25, 0.3) is 0 Å². The van der Waals surface area contributed by atoms with Crippen molar-refractivity contribution in [3.05, 3.63) is 53.8 Å². The first-order valence-corrected chi connectivity index (χ1v) is 11.0. The number of likely N-dealkylation sites (N-methyl/N-ethyl adjacent to an activating group) is 1. The molecule has 0 bridgehead atoms. The van der Waals surface area contributed by atoms with Gasteiger partial charge in [0.25, 0.3) is 0 Å². The summed E-state index contributed by atoms with van der Waals surface area (Å²) in [4.78, 5) is 27.2. The molecule has 3 atom stereocenters. The largest absolute Gasteiger partial charge is 0.488 e. The Labute approximate surface area is 193 Å². The van der Waals surface area contributed by atoms with E-state index in [-0.39, 0.29) is 37.0 Å². The number of benzene rings is 2. The highest BCUT2D eigenvalue weighted by Gasteiger charge is 2.30. The Hall–Kier alpha value is -3.17. The van der Waals surface area contributed by atoms with Crippen molar-refractivity contribution in [3.8, 4) is 5.75 Å². The number of carbonyl (C=O) groups is 2. The van der Waals surface area contributed by atoms with Gasteiger partial charge in [-0.3, -0.25) is 4.79 Å². The van der Waals surface area contributed by atoms with E-state index in [1.54, 1.807) is 23.1 Å². The summed E-state index contributed by atoms with van der Waals surface area (Å²) < 4.78 is 19.3. The van der Waals surface area contributed by atoms with Gasteiger partial charge >= 0.3 is 6.03 Å². The van der Waals surface area contributed by atoms with Crippen molar-refractivity contribution < 1.29 is 23.8 Å². The smallest absolute Gasteiger partial charge is 0.323 e. The topological polar surface area (TPSA) is 103 Å². The number of nitrogens with one attached hydrogen (secondary N) is 3. The first-order valence-electron chi connectivity index (χ1n) is 11.0. The summed E-state index contributed by atoms with van der Waals surface area (Å²) in [7, 11) is 1.84. The van der Waals surface area contributed by atoms with Gasteiger partial charge in [0.15, 0.2) is 0 Å². The molecule has 0 saturated carbocycles. The fourth-order valence-corrected chi connectivity index (χ4v) is 3.78. The monoisotopic (exact) mass is 458 g/mol. The highest BCUT2D eigenvalue weighted by molar-refractivity contribution is 5.99. The molecule has 2 aromatic carbocycles. The van der Waals surface area contributed by atoms with Crippen LogP contribution < -0.4 is 20.7 Å². The van der Waals surface area contributed by atoms with E-state index in [9.17, 15) is 19.1 Å². The molecule has 9 heteroatoms. The Morgan fingerprint density at radius 2 is 1.88 bits per heavy atom. The lowest BCUT2D eigenvalue weighted by atomic mass is 10.0. The highest BCUT2D eigenvalue weighted by atomic mass is 19.1. The van der Waals surface area contributed by atoms with Crippen LogP contribution in [0.5, 0.6) is 5.75 Å². The predicted octanol–water partition coefficient (Wildman–Crippen LogP) is 2.84. The number of halogens is 1. The van der Waals surface area contributed by atoms with Crippen LogP contribution in [0.1, 0.15) is 19.4 Å². The Kier molecular flexibility index (Phi) is 8.24. The maximum absolute atomic E-state index is 13.1. The fourth-order valence-electron chi connectivity index (χ4n) is 3.78. The van der Waals surface area contributed by atoms with Crippen LogP contribution in [0.2, 0.25) is 0 Å². The number of hydrogen-bond acceptors (Lipinski definition) is 5. The summed E-state index contributed by atoms with van der Waals surface area (Å²) in [6, 6.07) is 9.80. The fraction of sp³-hybridized carbons (Fsp3) is 0.417. The molecule has 0 unspecified atom stereocenters. The average Bonchev–Trinajstić information content (AvgIpc) is 2.83. The predicted molar refractivity (Wildman–Crippen MR) is 125 cm³/mol. The maximum Gasteiger partial charge on any atom is 0.323 e. The van der Waals surface area contributed by atoms with Crippen LogP contribution in [0.15, 0.2) is 42.5 Å². The van der Waals surface area contributed by atoms with Crippen molar-refractivity contribution in [1.82, 2.24) is 10.2 Å². The molecule has 33 heavy (non-hydrogen) atoms. The van der Waals surface area contributed by atoms with E-state index in [1.807, 2.05) is 20.9 Å². The van der Waals surface area contributed by atoms with E-state index < -0.39 is 11.8 Å². The number of aliphatic hydroxyl groups excluding tert-OH is 1. The van der Waals surface area contributed by atoms with Crippen LogP contribution >= 0.6 is 0 Å². The van der Waals surface area contributed by atoms with Gasteiger partial charge in [-0.15, -0.1) is 0 Å². The lowest BCUT2D eigenvalue weighted by molar-refractivity contribution is -0.134. The van der Waals surface area contributed by atoms with Gasteiger partial charge in [-0.25, -0.2) is 9.18 Å². The van der Waals surface area contributed by atoms with Crippen LogP contribution in [0, 0.1) is 11.7 Å². The lowest BCUT2D eigenvalue weighted by Gasteiger charge is -2.32. The summed E-state index contributed by atoms with van der Waals surface area (Å²) in [5.41, 5.74) is 1.58. The molecule has 1 aliphatic rings. The number of fused-ring (bicyclic) bond motifs is 1. The van der Waals surface area contributed by atoms with Crippen LogP contribution in [0.4, 0.5) is 20.6 Å². The first kappa shape index (κ1) is 24.5. The summed E-state index contributed by atoms with van der Waals surface area (Å²) >= 11 is 0. The zero-order valence-corrected chi connectivity index (χ0v) is 19.1. The van der Waals surface area contributed by atoms with Gasteiger partial charge in [-0.2, -0.15) is 0 Å². The quantitative estimate of drug-likeness (QED) is 0.533. The second-order valence-corrected chi connectivity index (χ2v) is 8.35. The molecule has 1 heterocycles. The molecule has 1 aliphatic heterocycles. The molecular weight excluding hydrogens is 427 g/mol. The zero-order chi connectivity index (χ0) is 24.0. The van der Waals surface area contributed by atoms with Gasteiger partial charge in [0.05, 0.1) is 19.1 Å². The van der Waals surface area contributed by atoms with E-state index >= 15 is 0 Å². The van der Waals surface area contributed by atoms with Gasteiger partial charge in [-0.1, -0.05) is 6.92 Å². The zero-order valence-electron chi connectivity index (χ0n) is 19.1. The second-order valence-electron chi connectivity index (χ2n) is 8.35. The molecule has 3 rings (SSSR count). The minimum absolute atomic E-state index is 0.0284. The van der Waals surface area contributed by atoms with Gasteiger partial charge < -0.3 is 30.7 Å². The van der Waals surface area contributed by atoms with Crippen molar-refractivity contribution in [1.29, 1.82) is 0 Å². The number of urea groups is 1. The Bertz CT molecular complexity index is 969. The number of ether oxygens (including phenoxy) is 1.